The number of thiophene rings is 2. The topological polar surface area (TPSA) is 34.1 Å². The Morgan fingerprint density at radius 3 is 1.40 bits per heavy atom. The fourth-order valence-corrected chi connectivity index (χ4v) is 5.71. The molecule has 2 aromatic rings. The van der Waals surface area contributed by atoms with E-state index in [1.54, 1.807) is 12.1 Å². The molecule has 0 saturated carbocycles. The van der Waals surface area contributed by atoms with Gasteiger partial charge in [-0.25, -0.2) is 0 Å². The molecule has 6 heteroatoms. The molecule has 0 amide bonds. The first-order chi connectivity index (χ1) is 11.3. The van der Waals surface area contributed by atoms with E-state index in [0.717, 1.165) is 9.75 Å². The molecule has 0 spiro atoms. The molecule has 0 bridgehead atoms. The largest absolute Gasteiger partial charge is 0.294 e. The number of rotatable bonds is 6. The van der Waals surface area contributed by atoms with Gasteiger partial charge >= 0.3 is 0 Å². The van der Waals surface area contributed by atoms with Crippen LogP contribution < -0.4 is 0 Å². The molecular weight excluding hydrogens is 395 g/mol. The van der Waals surface area contributed by atoms with Crippen molar-refractivity contribution in [1.29, 1.82) is 0 Å². The zero-order valence-electron chi connectivity index (χ0n) is 15.3. The van der Waals surface area contributed by atoms with E-state index in [9.17, 15) is 9.59 Å². The van der Waals surface area contributed by atoms with Gasteiger partial charge in [-0.05, 0) is 32.4 Å². The third kappa shape index (κ3) is 4.36. The third-order valence-corrected chi connectivity index (χ3v) is 6.74. The van der Waals surface area contributed by atoms with Crippen LogP contribution in [-0.2, 0) is 0 Å². The van der Waals surface area contributed by atoms with Gasteiger partial charge in [0.15, 0.2) is 11.6 Å². The summed E-state index contributed by atoms with van der Waals surface area (Å²) in [6.45, 7) is 11.4. The van der Waals surface area contributed by atoms with Crippen molar-refractivity contribution in [3.8, 4) is 0 Å². The van der Waals surface area contributed by atoms with Crippen LogP contribution in [0.3, 0.4) is 0 Å². The van der Waals surface area contributed by atoms with Crippen molar-refractivity contribution in [3.63, 3.8) is 0 Å². The van der Waals surface area contributed by atoms with Crippen molar-refractivity contribution in [1.82, 2.24) is 0 Å². The molecular formula is C19H22Cl2O2S2. The zero-order chi connectivity index (χ0) is 19.2. The molecule has 2 rings (SSSR count). The van der Waals surface area contributed by atoms with E-state index in [1.807, 2.05) is 41.5 Å². The minimum Gasteiger partial charge on any atom is -0.294 e. The van der Waals surface area contributed by atoms with Gasteiger partial charge in [-0.2, -0.15) is 0 Å². The molecule has 0 fully saturated rings. The highest BCUT2D eigenvalue weighted by molar-refractivity contribution is 7.16. The number of halogens is 2. The van der Waals surface area contributed by atoms with Crippen LogP contribution in [0.15, 0.2) is 12.1 Å². The lowest BCUT2D eigenvalue weighted by molar-refractivity contribution is 0.0673. The van der Waals surface area contributed by atoms with Gasteiger partial charge in [0.05, 0.1) is 8.67 Å². The van der Waals surface area contributed by atoms with Crippen LogP contribution in [0.5, 0.6) is 0 Å². The van der Waals surface area contributed by atoms with E-state index < -0.39 is 10.8 Å². The molecule has 2 heterocycles. The molecule has 0 aliphatic carbocycles. The molecule has 0 radical (unpaired) electrons. The van der Waals surface area contributed by atoms with E-state index in [2.05, 4.69) is 0 Å². The Bertz CT molecular complexity index is 760. The van der Waals surface area contributed by atoms with Gasteiger partial charge in [0, 0.05) is 31.7 Å². The lowest BCUT2D eigenvalue weighted by atomic mass is 9.69. The highest BCUT2D eigenvalue weighted by Gasteiger charge is 2.40. The highest BCUT2D eigenvalue weighted by Crippen LogP contribution is 2.41. The predicted molar refractivity (Wildman–Crippen MR) is 109 cm³/mol. The van der Waals surface area contributed by atoms with Gasteiger partial charge in [-0.15, -0.1) is 22.7 Å². The van der Waals surface area contributed by atoms with Crippen LogP contribution in [0.2, 0.25) is 8.67 Å². The number of Topliss-reactive ketones (excluding diaryl/α,β-unsaturated/α-hetero) is 2. The summed E-state index contributed by atoms with van der Waals surface area (Å²) in [7, 11) is 0. The Kier molecular flexibility index (Phi) is 5.90. The molecule has 2 aromatic heterocycles. The summed E-state index contributed by atoms with van der Waals surface area (Å²) in [5.41, 5.74) is -0.0552. The summed E-state index contributed by atoms with van der Waals surface area (Å²) in [6.07, 6.45) is 0.442. The van der Waals surface area contributed by atoms with Crippen LogP contribution >= 0.6 is 45.9 Å². The summed E-state index contributed by atoms with van der Waals surface area (Å²) in [5.74, 6) is 0.0446. The van der Waals surface area contributed by atoms with Crippen LogP contribution in [0.4, 0.5) is 0 Å². The molecule has 2 nitrogen and oxygen atoms in total. The number of carbonyl (C=O) groups excluding carboxylic acids is 2. The van der Waals surface area contributed by atoms with E-state index >= 15 is 0 Å². The van der Waals surface area contributed by atoms with Gasteiger partial charge < -0.3 is 0 Å². The Hall–Kier alpha value is -0.680. The van der Waals surface area contributed by atoms with Gasteiger partial charge in [0.2, 0.25) is 0 Å². The minimum atomic E-state index is -0.679. The maximum Gasteiger partial charge on any atom is 0.169 e. The van der Waals surface area contributed by atoms with Crippen LogP contribution in [-0.4, -0.2) is 11.6 Å². The first-order valence-electron chi connectivity index (χ1n) is 7.96. The molecule has 0 unspecified atom stereocenters. The van der Waals surface area contributed by atoms with Crippen molar-refractivity contribution < 1.29 is 9.59 Å². The average Bonchev–Trinajstić information content (AvgIpc) is 2.97. The Morgan fingerprint density at radius 1 is 0.840 bits per heavy atom. The summed E-state index contributed by atoms with van der Waals surface area (Å²) in [5, 5.41) is 0. The van der Waals surface area contributed by atoms with Crippen molar-refractivity contribution in [2.75, 3.05) is 0 Å². The maximum atomic E-state index is 13.0. The van der Waals surface area contributed by atoms with Crippen LogP contribution in [0, 0.1) is 24.7 Å². The number of carbonyl (C=O) groups is 2. The van der Waals surface area contributed by atoms with Gasteiger partial charge in [-0.1, -0.05) is 50.9 Å². The van der Waals surface area contributed by atoms with E-state index in [-0.39, 0.29) is 11.6 Å². The van der Waals surface area contributed by atoms with E-state index in [4.69, 9.17) is 23.2 Å². The Morgan fingerprint density at radius 2 is 1.16 bits per heavy atom. The Labute approximate surface area is 167 Å². The summed E-state index contributed by atoms with van der Waals surface area (Å²) >= 11 is 14.9. The van der Waals surface area contributed by atoms with Crippen LogP contribution in [0.1, 0.15) is 64.6 Å². The fourth-order valence-electron chi connectivity index (χ4n) is 3.34. The van der Waals surface area contributed by atoms with Crippen molar-refractivity contribution >= 4 is 57.4 Å². The van der Waals surface area contributed by atoms with Crippen molar-refractivity contribution in [2.24, 2.45) is 10.8 Å². The average molecular weight is 417 g/mol. The summed E-state index contributed by atoms with van der Waals surface area (Å²) in [4.78, 5) is 27.9. The first kappa shape index (κ1) is 20.6. The maximum absolute atomic E-state index is 13.0. The lowest BCUT2D eigenvalue weighted by Gasteiger charge is -2.33. The first-order valence-corrected chi connectivity index (χ1v) is 10.4. The summed E-state index contributed by atoms with van der Waals surface area (Å²) < 4.78 is 1.21. The number of ketones is 2. The predicted octanol–water partition coefficient (Wildman–Crippen LogP) is 7.24. The smallest absolute Gasteiger partial charge is 0.169 e. The van der Waals surface area contributed by atoms with Gasteiger partial charge in [0.25, 0.3) is 0 Å². The molecule has 0 aliphatic rings. The second kappa shape index (κ2) is 7.15. The van der Waals surface area contributed by atoms with Crippen molar-refractivity contribution in [3.05, 3.63) is 41.7 Å². The molecule has 0 aliphatic heterocycles. The Balaban J connectivity index is 2.28. The molecule has 0 N–H and O–H groups in total. The van der Waals surface area contributed by atoms with E-state index in [0.29, 0.717) is 26.2 Å². The SMILES string of the molecule is Cc1sc(Cl)cc1C(=O)C(C)(C)CC(C)(C)C(=O)c1cc(Cl)sc1C. The number of hydrogen-bond donors (Lipinski definition) is 0. The highest BCUT2D eigenvalue weighted by atomic mass is 35.5. The number of hydrogen-bond acceptors (Lipinski definition) is 4. The molecule has 136 valence electrons. The van der Waals surface area contributed by atoms with E-state index in [1.165, 1.54) is 22.7 Å². The second-order valence-corrected chi connectivity index (χ2v) is 11.4. The second-order valence-electron chi connectivity index (χ2n) is 7.64. The van der Waals surface area contributed by atoms with Crippen LogP contribution in [0.25, 0.3) is 0 Å². The molecule has 25 heavy (non-hydrogen) atoms. The molecule has 0 atom stereocenters. The minimum absolute atomic E-state index is 0.0223. The quantitative estimate of drug-likeness (QED) is 0.464. The lowest BCUT2D eigenvalue weighted by Crippen LogP contribution is -2.35. The van der Waals surface area contributed by atoms with Gasteiger partial charge in [-0.3, -0.25) is 9.59 Å². The standard InChI is InChI=1S/C19H22Cl2O2S2/c1-10-12(7-14(20)24-10)16(22)18(3,4)9-19(5,6)17(23)13-8-15(21)25-11(13)2/h7-8H,9H2,1-6H3. The zero-order valence-corrected chi connectivity index (χ0v) is 18.4. The fraction of sp³-hybridized carbons (Fsp3) is 0.474. The van der Waals surface area contributed by atoms with Crippen molar-refractivity contribution in [2.45, 2.75) is 48.0 Å². The van der Waals surface area contributed by atoms with Gasteiger partial charge in [0.1, 0.15) is 0 Å². The summed E-state index contributed by atoms with van der Waals surface area (Å²) in [6, 6.07) is 3.45. The normalized spacial score (nSPS) is 12.5. The molecule has 0 aromatic carbocycles. The third-order valence-electron chi connectivity index (χ3n) is 4.38. The molecule has 0 saturated heterocycles. The monoisotopic (exact) mass is 416 g/mol. The number of aryl methyl sites for hydroxylation is 2.